The molecule has 0 radical (unpaired) electrons. The van der Waals surface area contributed by atoms with E-state index in [-0.39, 0.29) is 0 Å². The highest BCUT2D eigenvalue weighted by atomic mass is 16.5. The summed E-state index contributed by atoms with van der Waals surface area (Å²) in [6.45, 7) is 9.24. The molecule has 25 heavy (non-hydrogen) atoms. The van der Waals surface area contributed by atoms with E-state index in [1.54, 1.807) is 0 Å². The fourth-order valence-corrected chi connectivity index (χ4v) is 3.31. The summed E-state index contributed by atoms with van der Waals surface area (Å²) in [5.41, 5.74) is 3.38. The smallest absolute Gasteiger partial charge is 0.142 e. The average Bonchev–Trinajstić information content (AvgIpc) is 2.64. The Morgan fingerprint density at radius 1 is 1.00 bits per heavy atom. The van der Waals surface area contributed by atoms with E-state index in [0.717, 1.165) is 37.5 Å². The molecule has 0 bridgehead atoms. The molecule has 1 saturated heterocycles. The number of nitrogens with zero attached hydrogens (tertiary/aromatic N) is 2. The molecule has 134 valence electrons. The van der Waals surface area contributed by atoms with Gasteiger partial charge in [0.2, 0.25) is 0 Å². The van der Waals surface area contributed by atoms with Gasteiger partial charge in [-0.1, -0.05) is 42.0 Å². The second-order valence-electron chi connectivity index (χ2n) is 6.61. The van der Waals surface area contributed by atoms with E-state index in [4.69, 9.17) is 4.74 Å². The van der Waals surface area contributed by atoms with Gasteiger partial charge in [-0.2, -0.15) is 0 Å². The number of hydrogen-bond donors (Lipinski definition) is 1. The van der Waals surface area contributed by atoms with Gasteiger partial charge in [0.05, 0.1) is 18.4 Å². The minimum absolute atomic E-state index is 0.428. The summed E-state index contributed by atoms with van der Waals surface area (Å²) >= 11 is 0. The zero-order valence-electron chi connectivity index (χ0n) is 15.2. The normalized spacial score (nSPS) is 16.7. The lowest BCUT2D eigenvalue weighted by atomic mass is 10.1. The van der Waals surface area contributed by atoms with Crippen LogP contribution in [0.25, 0.3) is 0 Å². The quantitative estimate of drug-likeness (QED) is 0.876. The maximum Gasteiger partial charge on any atom is 0.142 e. The van der Waals surface area contributed by atoms with Gasteiger partial charge in [0.1, 0.15) is 5.75 Å². The van der Waals surface area contributed by atoms with Crippen LogP contribution in [-0.4, -0.2) is 49.3 Å². The van der Waals surface area contributed by atoms with E-state index in [1.807, 2.05) is 31.2 Å². The van der Waals surface area contributed by atoms with Gasteiger partial charge in [0.15, 0.2) is 0 Å². The summed E-state index contributed by atoms with van der Waals surface area (Å²) in [5.74, 6) is 0.957. The first-order valence-corrected chi connectivity index (χ1v) is 9.11. The maximum absolute atomic E-state index is 10.5. The fraction of sp³-hybridized carbons (Fsp3) is 0.429. The van der Waals surface area contributed by atoms with E-state index in [9.17, 15) is 5.11 Å². The van der Waals surface area contributed by atoms with E-state index in [2.05, 4.69) is 41.0 Å². The molecule has 1 fully saturated rings. The van der Waals surface area contributed by atoms with Crippen molar-refractivity contribution in [3.8, 4) is 5.75 Å². The van der Waals surface area contributed by atoms with Gasteiger partial charge in [0, 0.05) is 32.7 Å². The maximum atomic E-state index is 10.5. The van der Waals surface area contributed by atoms with E-state index in [1.165, 1.54) is 11.3 Å². The Bertz CT molecular complexity index is 664. The molecule has 0 saturated carbocycles. The molecule has 1 aliphatic heterocycles. The lowest BCUT2D eigenvalue weighted by Crippen LogP contribution is -2.47. The van der Waals surface area contributed by atoms with E-state index >= 15 is 0 Å². The van der Waals surface area contributed by atoms with E-state index in [0.29, 0.717) is 13.2 Å². The molecule has 0 aliphatic carbocycles. The highest BCUT2D eigenvalue weighted by Crippen LogP contribution is 2.29. The number of aliphatic hydroxyl groups excluding tert-OH is 1. The highest BCUT2D eigenvalue weighted by molar-refractivity contribution is 5.58. The van der Waals surface area contributed by atoms with Gasteiger partial charge < -0.3 is 14.7 Å². The largest absolute Gasteiger partial charge is 0.492 e. The molecule has 1 atom stereocenters. The molecule has 0 amide bonds. The third kappa shape index (κ3) is 4.53. The van der Waals surface area contributed by atoms with Crippen molar-refractivity contribution in [3.05, 3.63) is 59.7 Å². The predicted octanol–water partition coefficient (Wildman–Crippen LogP) is 3.25. The molecular weight excluding hydrogens is 312 g/mol. The van der Waals surface area contributed by atoms with Gasteiger partial charge in [-0.05, 0) is 31.5 Å². The first-order valence-electron chi connectivity index (χ1n) is 9.11. The van der Waals surface area contributed by atoms with Crippen LogP contribution in [0.1, 0.15) is 24.2 Å². The number of piperazine rings is 1. The Morgan fingerprint density at radius 2 is 1.68 bits per heavy atom. The lowest BCUT2D eigenvalue weighted by molar-refractivity contribution is 0.109. The molecule has 2 aromatic carbocycles. The van der Waals surface area contributed by atoms with Gasteiger partial charge in [-0.15, -0.1) is 0 Å². The zero-order chi connectivity index (χ0) is 17.6. The molecule has 2 aromatic rings. The van der Waals surface area contributed by atoms with Crippen molar-refractivity contribution < 1.29 is 9.84 Å². The molecule has 4 heteroatoms. The van der Waals surface area contributed by atoms with Crippen LogP contribution in [0, 0.1) is 6.92 Å². The number of benzene rings is 2. The monoisotopic (exact) mass is 340 g/mol. The Balaban J connectivity index is 1.56. The number of aliphatic hydroxyl groups is 1. The van der Waals surface area contributed by atoms with Crippen molar-refractivity contribution in [2.24, 2.45) is 0 Å². The molecule has 0 unspecified atom stereocenters. The summed E-state index contributed by atoms with van der Waals surface area (Å²) < 4.78 is 5.75. The van der Waals surface area contributed by atoms with Crippen LogP contribution in [0.15, 0.2) is 48.5 Å². The van der Waals surface area contributed by atoms with Crippen LogP contribution in [0.2, 0.25) is 0 Å². The first kappa shape index (κ1) is 17.8. The molecule has 0 spiro atoms. The number of β-amino-alcohol motifs (C(OH)–C–C–N with tert-alkyl or cyclic N) is 1. The summed E-state index contributed by atoms with van der Waals surface area (Å²) in [6.07, 6.45) is -0.428. The van der Waals surface area contributed by atoms with Crippen LogP contribution in [-0.2, 0) is 0 Å². The van der Waals surface area contributed by atoms with Crippen LogP contribution in [0.5, 0.6) is 5.75 Å². The average molecular weight is 340 g/mol. The SMILES string of the molecule is CCOc1ccccc1N1CCN(C[C@@H](O)c2ccc(C)cc2)CC1. The third-order valence-electron chi connectivity index (χ3n) is 4.77. The Hall–Kier alpha value is -2.04. The number of anilines is 1. The van der Waals surface area contributed by atoms with E-state index < -0.39 is 6.10 Å². The Kier molecular flexibility index (Phi) is 5.95. The number of ether oxygens (including phenoxy) is 1. The molecule has 0 aromatic heterocycles. The molecule has 1 aliphatic rings. The topological polar surface area (TPSA) is 35.9 Å². The van der Waals surface area contributed by atoms with Crippen LogP contribution in [0.3, 0.4) is 0 Å². The van der Waals surface area contributed by atoms with Crippen molar-refractivity contribution in [3.63, 3.8) is 0 Å². The van der Waals surface area contributed by atoms with Crippen molar-refractivity contribution in [1.82, 2.24) is 4.90 Å². The minimum atomic E-state index is -0.428. The summed E-state index contributed by atoms with van der Waals surface area (Å²) in [4.78, 5) is 4.71. The minimum Gasteiger partial charge on any atom is -0.492 e. The van der Waals surface area contributed by atoms with Crippen molar-refractivity contribution in [2.75, 3.05) is 44.2 Å². The number of hydrogen-bond acceptors (Lipinski definition) is 4. The fourth-order valence-electron chi connectivity index (χ4n) is 3.31. The van der Waals surface area contributed by atoms with Gasteiger partial charge >= 0.3 is 0 Å². The summed E-state index contributed by atoms with van der Waals surface area (Å²) in [7, 11) is 0. The standard InChI is InChI=1S/C21H28N2O2/c1-3-25-21-7-5-4-6-19(21)23-14-12-22(13-15-23)16-20(24)18-10-8-17(2)9-11-18/h4-11,20,24H,3,12-16H2,1-2H3/t20-/m1/s1. The summed E-state index contributed by atoms with van der Waals surface area (Å²) in [6, 6.07) is 16.4. The van der Waals surface area contributed by atoms with Gasteiger partial charge in [0.25, 0.3) is 0 Å². The zero-order valence-corrected chi connectivity index (χ0v) is 15.2. The molecular formula is C21H28N2O2. The number of rotatable bonds is 6. The van der Waals surface area contributed by atoms with Crippen LogP contribution < -0.4 is 9.64 Å². The predicted molar refractivity (Wildman–Crippen MR) is 102 cm³/mol. The van der Waals surface area contributed by atoms with Crippen molar-refractivity contribution >= 4 is 5.69 Å². The first-order chi connectivity index (χ1) is 12.2. The second-order valence-corrected chi connectivity index (χ2v) is 6.61. The van der Waals surface area contributed by atoms with Gasteiger partial charge in [-0.25, -0.2) is 0 Å². The number of para-hydroxylation sites is 2. The second kappa shape index (κ2) is 8.37. The van der Waals surface area contributed by atoms with Crippen molar-refractivity contribution in [2.45, 2.75) is 20.0 Å². The van der Waals surface area contributed by atoms with Crippen LogP contribution >= 0.6 is 0 Å². The van der Waals surface area contributed by atoms with Gasteiger partial charge in [-0.3, -0.25) is 4.90 Å². The lowest BCUT2D eigenvalue weighted by Gasteiger charge is -2.37. The Labute approximate surface area is 150 Å². The molecule has 4 nitrogen and oxygen atoms in total. The van der Waals surface area contributed by atoms with Crippen LogP contribution in [0.4, 0.5) is 5.69 Å². The Morgan fingerprint density at radius 3 is 2.36 bits per heavy atom. The summed E-state index contributed by atoms with van der Waals surface area (Å²) in [5, 5.41) is 10.5. The molecule has 1 heterocycles. The molecule has 3 rings (SSSR count). The van der Waals surface area contributed by atoms with Crippen molar-refractivity contribution in [1.29, 1.82) is 0 Å². The third-order valence-corrected chi connectivity index (χ3v) is 4.77. The number of aryl methyl sites for hydroxylation is 1. The highest BCUT2D eigenvalue weighted by Gasteiger charge is 2.21. The molecule has 1 N–H and O–H groups in total.